The Morgan fingerprint density at radius 2 is 2.00 bits per heavy atom. The second-order valence-electron chi connectivity index (χ2n) is 9.64. The van der Waals surface area contributed by atoms with E-state index in [0.717, 1.165) is 80.9 Å². The van der Waals surface area contributed by atoms with Crippen LogP contribution in [0.3, 0.4) is 0 Å². The molecule has 0 saturated carbocycles. The maximum atomic E-state index is 11.7. The van der Waals surface area contributed by atoms with Gasteiger partial charge in [-0.3, -0.25) is 9.69 Å². The van der Waals surface area contributed by atoms with Gasteiger partial charge in [0.05, 0.1) is 24.5 Å². The van der Waals surface area contributed by atoms with E-state index in [1.807, 2.05) is 11.1 Å². The highest BCUT2D eigenvalue weighted by Gasteiger charge is 2.40. The van der Waals surface area contributed by atoms with Crippen molar-refractivity contribution in [3.05, 3.63) is 53.7 Å². The minimum Gasteiger partial charge on any atom is -0.486 e. The fourth-order valence-corrected chi connectivity index (χ4v) is 5.44. The Morgan fingerprint density at radius 1 is 1.21 bits per heavy atom. The number of ether oxygens (including phenoxy) is 2. The third kappa shape index (κ3) is 3.71. The number of benzene rings is 1. The number of hydrogen-bond donors (Lipinski definition) is 1. The zero-order chi connectivity index (χ0) is 23.2. The van der Waals surface area contributed by atoms with Gasteiger partial charge in [0.15, 0.2) is 0 Å². The van der Waals surface area contributed by atoms with Crippen LogP contribution in [0.1, 0.15) is 22.6 Å². The largest absolute Gasteiger partial charge is 0.486 e. The third-order valence-electron chi connectivity index (χ3n) is 7.54. The highest BCUT2D eigenvalue weighted by atomic mass is 16.5. The Balaban J connectivity index is 1.18. The van der Waals surface area contributed by atoms with Crippen molar-refractivity contribution in [3.8, 4) is 5.75 Å². The van der Waals surface area contributed by atoms with Gasteiger partial charge in [-0.15, -0.1) is 0 Å². The van der Waals surface area contributed by atoms with Crippen LogP contribution in [0.15, 0.2) is 37.1 Å². The molecule has 1 amide bonds. The lowest BCUT2D eigenvalue weighted by Gasteiger charge is -2.52. The number of nitrogens with zero attached hydrogens (tertiary/aromatic N) is 4. The zero-order valence-electron chi connectivity index (χ0n) is 19.6. The number of rotatable bonds is 4. The third-order valence-corrected chi connectivity index (χ3v) is 7.54. The van der Waals surface area contributed by atoms with Gasteiger partial charge < -0.3 is 24.6 Å². The van der Waals surface area contributed by atoms with Gasteiger partial charge in [-0.2, -0.15) is 0 Å². The monoisotopic (exact) mass is 461 g/mol. The van der Waals surface area contributed by atoms with E-state index in [0.29, 0.717) is 18.6 Å². The molecule has 34 heavy (non-hydrogen) atoms. The van der Waals surface area contributed by atoms with Crippen LogP contribution < -0.4 is 15.0 Å². The highest BCUT2D eigenvalue weighted by molar-refractivity contribution is 5.87. The van der Waals surface area contributed by atoms with Gasteiger partial charge in [0.25, 0.3) is 0 Å². The molecular formula is C26H31N5O3. The lowest BCUT2D eigenvalue weighted by molar-refractivity contribution is -0.134. The number of anilines is 3. The first-order valence-corrected chi connectivity index (χ1v) is 12.1. The minimum atomic E-state index is 0.0337. The Bertz CT molecular complexity index is 1120. The van der Waals surface area contributed by atoms with E-state index < -0.39 is 0 Å². The first-order chi connectivity index (χ1) is 16.6. The minimum absolute atomic E-state index is 0.0337. The molecule has 3 saturated heterocycles. The SMILES string of the molecule is C=CC(=O)N1CC(N2CC(c3cc(C)c4c(c3)Nc3nccc(N5CCOCC5)c3CO4)C2)C1. The van der Waals surface area contributed by atoms with Crippen molar-refractivity contribution < 1.29 is 14.3 Å². The van der Waals surface area contributed by atoms with Gasteiger partial charge >= 0.3 is 0 Å². The molecule has 8 nitrogen and oxygen atoms in total. The second kappa shape index (κ2) is 8.60. The number of nitrogens with one attached hydrogen (secondary N) is 1. The number of carbonyl (C=O) groups is 1. The van der Waals surface area contributed by atoms with E-state index in [-0.39, 0.29) is 5.91 Å². The van der Waals surface area contributed by atoms with Crippen molar-refractivity contribution in [1.82, 2.24) is 14.8 Å². The second-order valence-corrected chi connectivity index (χ2v) is 9.64. The van der Waals surface area contributed by atoms with Crippen LogP contribution in [0.2, 0.25) is 0 Å². The number of aromatic nitrogens is 1. The topological polar surface area (TPSA) is 70.2 Å². The van der Waals surface area contributed by atoms with Crippen molar-refractivity contribution in [2.75, 3.05) is 62.7 Å². The fourth-order valence-electron chi connectivity index (χ4n) is 5.44. The van der Waals surface area contributed by atoms with Gasteiger partial charge in [-0.25, -0.2) is 4.98 Å². The molecular weight excluding hydrogens is 430 g/mol. The molecule has 0 bridgehead atoms. The van der Waals surface area contributed by atoms with Gasteiger partial charge in [0.1, 0.15) is 18.2 Å². The molecule has 0 unspecified atom stereocenters. The molecule has 2 aromatic rings. The molecule has 5 heterocycles. The van der Waals surface area contributed by atoms with Gasteiger partial charge in [0, 0.05) is 63.1 Å². The highest BCUT2D eigenvalue weighted by Crippen LogP contribution is 2.42. The van der Waals surface area contributed by atoms with E-state index in [1.165, 1.54) is 17.3 Å². The van der Waals surface area contributed by atoms with Crippen LogP contribution in [-0.2, 0) is 16.1 Å². The Hall–Kier alpha value is -3.10. The molecule has 178 valence electrons. The molecule has 1 aromatic carbocycles. The van der Waals surface area contributed by atoms with Gasteiger partial charge in [-0.05, 0) is 36.3 Å². The number of fused-ring (bicyclic) bond motifs is 2. The summed E-state index contributed by atoms with van der Waals surface area (Å²) in [5.74, 6) is 2.30. The molecule has 0 radical (unpaired) electrons. The van der Waals surface area contributed by atoms with Crippen molar-refractivity contribution in [1.29, 1.82) is 0 Å². The van der Waals surface area contributed by atoms with Crippen molar-refractivity contribution in [2.24, 2.45) is 0 Å². The van der Waals surface area contributed by atoms with Gasteiger partial charge in [0.2, 0.25) is 5.91 Å². The maximum Gasteiger partial charge on any atom is 0.246 e. The summed E-state index contributed by atoms with van der Waals surface area (Å²) >= 11 is 0. The van der Waals surface area contributed by atoms with Crippen LogP contribution in [0.5, 0.6) is 5.75 Å². The summed E-state index contributed by atoms with van der Waals surface area (Å²) < 4.78 is 11.9. The molecule has 1 aromatic heterocycles. The predicted molar refractivity (Wildman–Crippen MR) is 131 cm³/mol. The molecule has 0 atom stereocenters. The maximum absolute atomic E-state index is 11.7. The number of pyridine rings is 1. The summed E-state index contributed by atoms with van der Waals surface area (Å²) in [6.45, 7) is 13.1. The van der Waals surface area contributed by atoms with Crippen molar-refractivity contribution >= 4 is 23.1 Å². The summed E-state index contributed by atoms with van der Waals surface area (Å²) in [7, 11) is 0. The van der Waals surface area contributed by atoms with Gasteiger partial charge in [-0.1, -0.05) is 12.6 Å². The molecule has 6 rings (SSSR count). The standard InChI is InChI=1S/C26H31N5O3/c1-3-24(32)31-14-20(15-31)30-12-19(13-30)18-10-17(2)25-22(11-18)28-26-21(16-34-25)23(4-5-27-26)29-6-8-33-9-7-29/h3-5,10-11,19-20H,1,6-9,12-16H2,2H3,(H,27,28). The smallest absolute Gasteiger partial charge is 0.246 e. The predicted octanol–water partition coefficient (Wildman–Crippen LogP) is 2.66. The Labute approximate surface area is 200 Å². The quantitative estimate of drug-likeness (QED) is 0.702. The number of aryl methyl sites for hydroxylation is 1. The summed E-state index contributed by atoms with van der Waals surface area (Å²) in [4.78, 5) is 23.1. The molecule has 8 heteroatoms. The van der Waals surface area contributed by atoms with Crippen LogP contribution in [-0.4, -0.2) is 79.2 Å². The van der Waals surface area contributed by atoms with E-state index in [9.17, 15) is 4.79 Å². The van der Waals surface area contributed by atoms with E-state index in [1.54, 1.807) is 0 Å². The average Bonchev–Trinajstić information content (AvgIpc) is 2.99. The lowest BCUT2D eigenvalue weighted by Crippen LogP contribution is -2.65. The summed E-state index contributed by atoms with van der Waals surface area (Å²) in [5, 5.41) is 3.59. The van der Waals surface area contributed by atoms with Crippen LogP contribution in [0, 0.1) is 6.92 Å². The number of hydrogen-bond acceptors (Lipinski definition) is 7. The zero-order valence-corrected chi connectivity index (χ0v) is 19.6. The number of carbonyl (C=O) groups excluding carboxylic acids is 1. The van der Waals surface area contributed by atoms with Crippen molar-refractivity contribution in [3.63, 3.8) is 0 Å². The number of likely N-dealkylation sites (tertiary alicyclic amines) is 2. The first-order valence-electron chi connectivity index (χ1n) is 12.1. The van der Waals surface area contributed by atoms with Crippen molar-refractivity contribution in [2.45, 2.75) is 25.5 Å². The van der Waals surface area contributed by atoms with Crippen LogP contribution in [0.4, 0.5) is 17.2 Å². The molecule has 1 N–H and O–H groups in total. The van der Waals surface area contributed by atoms with E-state index in [2.05, 4.69) is 51.8 Å². The number of morpholine rings is 1. The fraction of sp³-hybridized carbons (Fsp3) is 0.462. The first kappa shape index (κ1) is 21.4. The summed E-state index contributed by atoms with van der Waals surface area (Å²) in [6, 6.07) is 7.05. The number of amides is 1. The molecule has 0 aliphatic carbocycles. The molecule has 0 spiro atoms. The lowest BCUT2D eigenvalue weighted by atomic mass is 9.87. The Morgan fingerprint density at radius 3 is 2.76 bits per heavy atom. The normalized spacial score (nSPS) is 20.7. The molecule has 3 fully saturated rings. The Kier molecular flexibility index (Phi) is 5.42. The summed E-state index contributed by atoms with van der Waals surface area (Å²) in [6.07, 6.45) is 3.28. The average molecular weight is 462 g/mol. The van der Waals surface area contributed by atoms with E-state index in [4.69, 9.17) is 9.47 Å². The van der Waals surface area contributed by atoms with E-state index >= 15 is 0 Å². The van der Waals surface area contributed by atoms with Crippen LogP contribution >= 0.6 is 0 Å². The summed E-state index contributed by atoms with van der Waals surface area (Å²) in [5.41, 5.74) is 5.73. The molecule has 4 aliphatic heterocycles. The van der Waals surface area contributed by atoms with Crippen LogP contribution in [0.25, 0.3) is 0 Å². The molecule has 4 aliphatic rings.